The molecule has 3 rings (SSSR count). The molecule has 2 aliphatic rings. The van der Waals surface area contributed by atoms with Crippen LogP contribution in [0.4, 0.5) is 0 Å². The molecule has 3 nitrogen and oxygen atoms in total. The summed E-state index contributed by atoms with van der Waals surface area (Å²) in [5.74, 6) is 0.958. The van der Waals surface area contributed by atoms with Gasteiger partial charge in [0.15, 0.2) is 0 Å². The summed E-state index contributed by atoms with van der Waals surface area (Å²) >= 11 is 0. The Kier molecular flexibility index (Phi) is 4.27. The van der Waals surface area contributed by atoms with E-state index in [-0.39, 0.29) is 5.54 Å². The van der Waals surface area contributed by atoms with Gasteiger partial charge in [0.05, 0.1) is 7.11 Å². The molecule has 1 aromatic rings. The molecule has 1 N–H and O–H groups in total. The Morgan fingerprint density at radius 2 is 1.65 bits per heavy atom. The molecular weight excluding hydrogens is 248 g/mol. The summed E-state index contributed by atoms with van der Waals surface area (Å²) in [4.78, 5) is 2.73. The monoisotopic (exact) mass is 274 g/mol. The summed E-state index contributed by atoms with van der Waals surface area (Å²) in [5.41, 5.74) is 1.76. The third-order valence-electron chi connectivity index (χ3n) is 5.03. The second kappa shape index (κ2) is 6.15. The van der Waals surface area contributed by atoms with Gasteiger partial charge in [-0.25, -0.2) is 0 Å². The summed E-state index contributed by atoms with van der Waals surface area (Å²) in [6, 6.07) is 8.81. The van der Waals surface area contributed by atoms with Crippen LogP contribution in [0.1, 0.15) is 37.7 Å². The van der Waals surface area contributed by atoms with Crippen molar-refractivity contribution in [3.05, 3.63) is 29.8 Å². The molecule has 1 aliphatic carbocycles. The number of nitrogens with one attached hydrogen (secondary N) is 1. The van der Waals surface area contributed by atoms with Crippen LogP contribution in [0.25, 0.3) is 0 Å². The number of methoxy groups -OCH3 is 1. The van der Waals surface area contributed by atoms with Gasteiger partial charge >= 0.3 is 0 Å². The number of hydrogen-bond acceptors (Lipinski definition) is 3. The molecule has 0 radical (unpaired) electrons. The second-order valence-electron chi connectivity index (χ2n) is 6.06. The van der Waals surface area contributed by atoms with Crippen LogP contribution in [-0.2, 0) is 5.54 Å². The lowest BCUT2D eigenvalue weighted by Gasteiger charge is -2.48. The van der Waals surface area contributed by atoms with Crippen LogP contribution in [0.15, 0.2) is 24.3 Å². The van der Waals surface area contributed by atoms with Gasteiger partial charge in [-0.2, -0.15) is 0 Å². The minimum Gasteiger partial charge on any atom is -0.497 e. The van der Waals surface area contributed by atoms with Crippen molar-refractivity contribution in [1.29, 1.82) is 0 Å². The molecule has 1 aromatic carbocycles. The minimum atomic E-state index is 0.270. The van der Waals surface area contributed by atoms with E-state index in [4.69, 9.17) is 4.74 Å². The zero-order valence-corrected chi connectivity index (χ0v) is 12.5. The van der Waals surface area contributed by atoms with Gasteiger partial charge in [-0.05, 0) is 30.5 Å². The lowest BCUT2D eigenvalue weighted by Crippen LogP contribution is -2.55. The maximum Gasteiger partial charge on any atom is 0.118 e. The molecule has 3 heteroatoms. The van der Waals surface area contributed by atoms with Crippen LogP contribution in [-0.4, -0.2) is 38.2 Å². The Balaban J connectivity index is 1.90. The minimum absolute atomic E-state index is 0.270. The fourth-order valence-corrected chi connectivity index (χ4v) is 3.92. The number of ether oxygens (including phenoxy) is 1. The average Bonchev–Trinajstić information content (AvgIpc) is 2.56. The Labute approximate surface area is 122 Å². The number of benzene rings is 1. The molecule has 0 amide bonds. The Morgan fingerprint density at radius 3 is 2.25 bits per heavy atom. The fraction of sp³-hybridized carbons (Fsp3) is 0.647. The van der Waals surface area contributed by atoms with E-state index in [0.29, 0.717) is 0 Å². The average molecular weight is 274 g/mol. The summed E-state index contributed by atoms with van der Waals surface area (Å²) in [6.07, 6.45) is 6.72. The van der Waals surface area contributed by atoms with Crippen molar-refractivity contribution >= 4 is 0 Å². The van der Waals surface area contributed by atoms with Gasteiger partial charge < -0.3 is 10.1 Å². The van der Waals surface area contributed by atoms with E-state index >= 15 is 0 Å². The van der Waals surface area contributed by atoms with Crippen molar-refractivity contribution in [2.75, 3.05) is 33.3 Å². The molecule has 1 aliphatic heterocycles. The lowest BCUT2D eigenvalue weighted by atomic mass is 9.75. The normalized spacial score (nSPS) is 23.4. The van der Waals surface area contributed by atoms with Crippen molar-refractivity contribution in [1.82, 2.24) is 10.2 Å². The number of nitrogens with zero attached hydrogens (tertiary/aromatic N) is 1. The highest BCUT2D eigenvalue weighted by molar-refractivity contribution is 5.32. The second-order valence-corrected chi connectivity index (χ2v) is 6.06. The molecule has 1 heterocycles. The van der Waals surface area contributed by atoms with Crippen molar-refractivity contribution < 1.29 is 4.74 Å². The van der Waals surface area contributed by atoms with E-state index in [9.17, 15) is 0 Å². The first kappa shape index (κ1) is 13.9. The van der Waals surface area contributed by atoms with Gasteiger partial charge in [0.25, 0.3) is 0 Å². The summed E-state index contributed by atoms with van der Waals surface area (Å²) in [5, 5.41) is 3.48. The first-order chi connectivity index (χ1) is 9.85. The van der Waals surface area contributed by atoms with Gasteiger partial charge in [-0.15, -0.1) is 0 Å². The van der Waals surface area contributed by atoms with Crippen LogP contribution < -0.4 is 10.1 Å². The highest BCUT2D eigenvalue weighted by Gasteiger charge is 2.39. The van der Waals surface area contributed by atoms with Crippen molar-refractivity contribution in [2.24, 2.45) is 0 Å². The number of rotatable bonds is 3. The van der Waals surface area contributed by atoms with Gasteiger partial charge in [-0.3, -0.25) is 4.90 Å². The van der Waals surface area contributed by atoms with Gasteiger partial charge in [0.1, 0.15) is 5.75 Å². The molecule has 0 atom stereocenters. The summed E-state index contributed by atoms with van der Waals surface area (Å²) in [6.45, 7) is 4.59. The molecule has 0 aromatic heterocycles. The quantitative estimate of drug-likeness (QED) is 0.917. The summed E-state index contributed by atoms with van der Waals surface area (Å²) < 4.78 is 5.31. The van der Waals surface area contributed by atoms with Crippen molar-refractivity contribution in [3.8, 4) is 5.75 Å². The van der Waals surface area contributed by atoms with E-state index in [1.54, 1.807) is 7.11 Å². The Bertz CT molecular complexity index is 417. The zero-order valence-electron chi connectivity index (χ0n) is 12.5. The molecule has 0 unspecified atom stereocenters. The topological polar surface area (TPSA) is 24.5 Å². The third kappa shape index (κ3) is 2.57. The predicted molar refractivity (Wildman–Crippen MR) is 82.2 cm³/mol. The molecule has 1 saturated heterocycles. The molecule has 2 fully saturated rings. The predicted octanol–water partition coefficient (Wildman–Crippen LogP) is 2.76. The van der Waals surface area contributed by atoms with Gasteiger partial charge in [0, 0.05) is 31.7 Å². The fourth-order valence-electron chi connectivity index (χ4n) is 3.92. The number of hydrogen-bond donors (Lipinski definition) is 1. The van der Waals surface area contributed by atoms with Crippen molar-refractivity contribution in [3.63, 3.8) is 0 Å². The highest BCUT2D eigenvalue weighted by Crippen LogP contribution is 2.42. The molecule has 0 bridgehead atoms. The van der Waals surface area contributed by atoms with E-state index in [0.717, 1.165) is 18.8 Å². The number of piperazine rings is 1. The van der Waals surface area contributed by atoms with Crippen LogP contribution in [0, 0.1) is 0 Å². The third-order valence-corrected chi connectivity index (χ3v) is 5.03. The van der Waals surface area contributed by atoms with Crippen LogP contribution >= 0.6 is 0 Å². The van der Waals surface area contributed by atoms with E-state index in [1.807, 2.05) is 0 Å². The van der Waals surface area contributed by atoms with Crippen LogP contribution in [0.5, 0.6) is 5.75 Å². The molecule has 20 heavy (non-hydrogen) atoms. The molecule has 0 spiro atoms. The SMILES string of the molecule is COc1ccc(C2(N3CCNCC3)CCCCC2)cc1. The smallest absolute Gasteiger partial charge is 0.118 e. The molecule has 1 saturated carbocycles. The Morgan fingerprint density at radius 1 is 1.00 bits per heavy atom. The van der Waals surface area contributed by atoms with E-state index < -0.39 is 0 Å². The lowest BCUT2D eigenvalue weighted by molar-refractivity contribution is 0.0361. The van der Waals surface area contributed by atoms with Gasteiger partial charge in [0.2, 0.25) is 0 Å². The standard InChI is InChI=1S/C17H26N2O/c1-20-16-7-5-15(6-8-16)17(9-3-2-4-10-17)19-13-11-18-12-14-19/h5-8,18H,2-4,9-14H2,1H3. The van der Waals surface area contributed by atoms with Gasteiger partial charge in [-0.1, -0.05) is 31.4 Å². The summed E-state index contributed by atoms with van der Waals surface area (Å²) in [7, 11) is 1.74. The molecule has 110 valence electrons. The van der Waals surface area contributed by atoms with Crippen LogP contribution in [0.2, 0.25) is 0 Å². The Hall–Kier alpha value is -1.06. The van der Waals surface area contributed by atoms with E-state index in [1.165, 1.54) is 50.8 Å². The van der Waals surface area contributed by atoms with Crippen molar-refractivity contribution in [2.45, 2.75) is 37.6 Å². The largest absolute Gasteiger partial charge is 0.497 e. The maximum atomic E-state index is 5.31. The first-order valence-electron chi connectivity index (χ1n) is 7.95. The zero-order chi connectivity index (χ0) is 13.8. The highest BCUT2D eigenvalue weighted by atomic mass is 16.5. The molecular formula is C17H26N2O. The van der Waals surface area contributed by atoms with E-state index in [2.05, 4.69) is 34.5 Å². The van der Waals surface area contributed by atoms with Crippen LogP contribution in [0.3, 0.4) is 0 Å². The first-order valence-corrected chi connectivity index (χ1v) is 7.95. The maximum absolute atomic E-state index is 5.31.